The average molecular weight is 447 g/mol. The van der Waals surface area contributed by atoms with Crippen LogP contribution in [0.1, 0.15) is 42.3 Å². The molecule has 0 aliphatic carbocycles. The highest BCUT2D eigenvalue weighted by atomic mass is 35.5. The molecule has 0 saturated carbocycles. The van der Waals surface area contributed by atoms with Crippen molar-refractivity contribution in [3.63, 3.8) is 0 Å². The van der Waals surface area contributed by atoms with E-state index in [-0.39, 0.29) is 17.7 Å². The first kappa shape index (κ1) is 24.9. The van der Waals surface area contributed by atoms with Crippen LogP contribution in [0.25, 0.3) is 0 Å². The molecule has 0 saturated heterocycles. The van der Waals surface area contributed by atoms with Crippen LogP contribution in [0.4, 0.5) is 0 Å². The fraction of sp³-hybridized carbons (Fsp3) is 0.417. The van der Waals surface area contributed by atoms with Crippen LogP contribution in [0.2, 0.25) is 5.02 Å². The lowest BCUT2D eigenvalue weighted by Crippen LogP contribution is -2.49. The van der Waals surface area contributed by atoms with Gasteiger partial charge in [-0.25, -0.2) is 0 Å². The molecular formula is C24H31ClN2O4. The largest absolute Gasteiger partial charge is 0.379 e. The van der Waals surface area contributed by atoms with Crippen molar-refractivity contribution in [1.29, 1.82) is 0 Å². The fourth-order valence-electron chi connectivity index (χ4n) is 2.94. The highest BCUT2D eigenvalue weighted by Crippen LogP contribution is 2.11. The molecule has 168 valence electrons. The maximum absolute atomic E-state index is 12.8. The van der Waals surface area contributed by atoms with Gasteiger partial charge in [-0.1, -0.05) is 49.7 Å². The Morgan fingerprint density at radius 2 is 1.68 bits per heavy atom. The molecule has 0 aromatic heterocycles. The molecule has 2 amide bonds. The lowest BCUT2D eigenvalue weighted by Gasteiger charge is -2.22. The third kappa shape index (κ3) is 8.69. The zero-order valence-corrected chi connectivity index (χ0v) is 19.1. The minimum Gasteiger partial charge on any atom is -0.379 e. The molecule has 2 aromatic rings. The Bertz CT molecular complexity index is 840. The second-order valence-corrected chi connectivity index (χ2v) is 7.93. The van der Waals surface area contributed by atoms with E-state index >= 15 is 0 Å². The van der Waals surface area contributed by atoms with E-state index in [9.17, 15) is 9.59 Å². The van der Waals surface area contributed by atoms with Crippen LogP contribution >= 0.6 is 11.6 Å². The summed E-state index contributed by atoms with van der Waals surface area (Å²) in [6.45, 7) is 8.38. The highest BCUT2D eigenvalue weighted by molar-refractivity contribution is 6.30. The Labute approximate surface area is 189 Å². The van der Waals surface area contributed by atoms with Crippen molar-refractivity contribution >= 4 is 23.4 Å². The van der Waals surface area contributed by atoms with Crippen LogP contribution in [0, 0.1) is 5.92 Å². The highest BCUT2D eigenvalue weighted by Gasteiger charge is 2.24. The SMILES string of the molecule is CCOCCOCc1cccc(CNC(=O)C(NC(=O)c2ccc(Cl)cc2)C(C)C)c1. The molecule has 0 spiro atoms. The van der Waals surface area contributed by atoms with Crippen molar-refractivity contribution in [1.82, 2.24) is 10.6 Å². The van der Waals surface area contributed by atoms with E-state index in [1.807, 2.05) is 45.0 Å². The monoisotopic (exact) mass is 446 g/mol. The van der Waals surface area contributed by atoms with Crippen LogP contribution in [-0.4, -0.2) is 37.7 Å². The predicted molar refractivity (Wildman–Crippen MR) is 122 cm³/mol. The summed E-state index contributed by atoms with van der Waals surface area (Å²) in [5, 5.41) is 6.29. The molecule has 0 aliphatic rings. The van der Waals surface area contributed by atoms with E-state index in [2.05, 4.69) is 10.6 Å². The van der Waals surface area contributed by atoms with Gasteiger partial charge in [0.2, 0.25) is 5.91 Å². The number of hydrogen-bond acceptors (Lipinski definition) is 4. The molecule has 1 unspecified atom stereocenters. The van der Waals surface area contributed by atoms with Gasteiger partial charge in [0.1, 0.15) is 6.04 Å². The molecule has 2 N–H and O–H groups in total. The Balaban J connectivity index is 1.89. The van der Waals surface area contributed by atoms with Crippen molar-refractivity contribution in [2.75, 3.05) is 19.8 Å². The maximum Gasteiger partial charge on any atom is 0.251 e. The molecule has 2 rings (SSSR count). The van der Waals surface area contributed by atoms with Crippen molar-refractivity contribution in [2.24, 2.45) is 5.92 Å². The standard InChI is InChI=1S/C24H31ClN2O4/c1-4-30-12-13-31-16-19-7-5-6-18(14-19)15-26-24(29)22(17(2)3)27-23(28)20-8-10-21(25)11-9-20/h5-11,14,17,22H,4,12-13,15-16H2,1-3H3,(H,26,29)(H,27,28). The van der Waals surface area contributed by atoms with Gasteiger partial charge in [-0.2, -0.15) is 0 Å². The number of rotatable bonds is 12. The van der Waals surface area contributed by atoms with Crippen LogP contribution in [0.5, 0.6) is 0 Å². The first-order chi connectivity index (χ1) is 14.9. The Hall–Kier alpha value is -2.41. The van der Waals surface area contributed by atoms with Gasteiger partial charge in [0, 0.05) is 23.7 Å². The van der Waals surface area contributed by atoms with Gasteiger partial charge < -0.3 is 20.1 Å². The number of amides is 2. The van der Waals surface area contributed by atoms with E-state index in [0.29, 0.717) is 43.6 Å². The summed E-state index contributed by atoms with van der Waals surface area (Å²) in [6.07, 6.45) is 0. The second kappa shape index (κ2) is 13.1. The lowest BCUT2D eigenvalue weighted by molar-refractivity contribution is -0.124. The summed E-state index contributed by atoms with van der Waals surface area (Å²) in [5.74, 6) is -0.603. The van der Waals surface area contributed by atoms with Gasteiger partial charge in [0.25, 0.3) is 5.91 Å². The molecular weight excluding hydrogens is 416 g/mol. The van der Waals surface area contributed by atoms with E-state index in [4.69, 9.17) is 21.1 Å². The number of hydrogen-bond donors (Lipinski definition) is 2. The molecule has 2 aromatic carbocycles. The van der Waals surface area contributed by atoms with Crippen LogP contribution in [0.15, 0.2) is 48.5 Å². The molecule has 0 fully saturated rings. The normalized spacial score (nSPS) is 11.9. The third-order valence-electron chi connectivity index (χ3n) is 4.65. The van der Waals surface area contributed by atoms with Gasteiger partial charge in [-0.15, -0.1) is 0 Å². The first-order valence-corrected chi connectivity index (χ1v) is 10.9. The zero-order chi connectivity index (χ0) is 22.6. The number of benzene rings is 2. The zero-order valence-electron chi connectivity index (χ0n) is 18.3. The van der Waals surface area contributed by atoms with Gasteiger partial charge in [0.15, 0.2) is 0 Å². The van der Waals surface area contributed by atoms with Crippen LogP contribution in [0.3, 0.4) is 0 Å². The van der Waals surface area contributed by atoms with Crippen LogP contribution in [-0.2, 0) is 27.4 Å². The number of nitrogens with one attached hydrogen (secondary N) is 2. The number of halogens is 1. The van der Waals surface area contributed by atoms with Gasteiger partial charge in [-0.3, -0.25) is 9.59 Å². The molecule has 1 atom stereocenters. The van der Waals surface area contributed by atoms with E-state index in [1.54, 1.807) is 24.3 Å². The number of carbonyl (C=O) groups excluding carboxylic acids is 2. The van der Waals surface area contributed by atoms with Gasteiger partial charge >= 0.3 is 0 Å². The first-order valence-electron chi connectivity index (χ1n) is 10.5. The smallest absolute Gasteiger partial charge is 0.251 e. The Kier molecular flexibility index (Phi) is 10.5. The predicted octanol–water partition coefficient (Wildman–Crippen LogP) is 3.96. The minimum atomic E-state index is -0.645. The summed E-state index contributed by atoms with van der Waals surface area (Å²) in [6, 6.07) is 13.8. The van der Waals surface area contributed by atoms with E-state index in [1.165, 1.54) is 0 Å². The fourth-order valence-corrected chi connectivity index (χ4v) is 3.07. The average Bonchev–Trinajstić information content (AvgIpc) is 2.76. The van der Waals surface area contributed by atoms with Crippen LogP contribution < -0.4 is 10.6 Å². The molecule has 0 aliphatic heterocycles. The topological polar surface area (TPSA) is 76.7 Å². The molecule has 7 heteroatoms. The molecule has 0 radical (unpaired) electrons. The van der Waals surface area contributed by atoms with Crippen molar-refractivity contribution in [3.8, 4) is 0 Å². The summed E-state index contributed by atoms with van der Waals surface area (Å²) in [4.78, 5) is 25.3. The number of carbonyl (C=O) groups is 2. The molecule has 0 heterocycles. The third-order valence-corrected chi connectivity index (χ3v) is 4.90. The van der Waals surface area contributed by atoms with E-state index in [0.717, 1.165) is 11.1 Å². The van der Waals surface area contributed by atoms with Crippen molar-refractivity contribution in [2.45, 2.75) is 40.0 Å². The molecule has 31 heavy (non-hydrogen) atoms. The minimum absolute atomic E-state index is 0.0682. The molecule has 6 nitrogen and oxygen atoms in total. The molecule has 0 bridgehead atoms. The summed E-state index contributed by atoms with van der Waals surface area (Å²) >= 11 is 5.87. The summed E-state index contributed by atoms with van der Waals surface area (Å²) in [5.41, 5.74) is 2.45. The maximum atomic E-state index is 12.8. The summed E-state index contributed by atoms with van der Waals surface area (Å²) < 4.78 is 10.9. The summed E-state index contributed by atoms with van der Waals surface area (Å²) in [7, 11) is 0. The van der Waals surface area contributed by atoms with E-state index < -0.39 is 6.04 Å². The van der Waals surface area contributed by atoms with Gasteiger partial charge in [0.05, 0.1) is 19.8 Å². The Morgan fingerprint density at radius 1 is 1.00 bits per heavy atom. The Morgan fingerprint density at radius 3 is 2.35 bits per heavy atom. The van der Waals surface area contributed by atoms with Crippen molar-refractivity contribution < 1.29 is 19.1 Å². The number of ether oxygens (including phenoxy) is 2. The second-order valence-electron chi connectivity index (χ2n) is 7.49. The lowest BCUT2D eigenvalue weighted by atomic mass is 10.0. The van der Waals surface area contributed by atoms with Crippen molar-refractivity contribution in [3.05, 3.63) is 70.2 Å². The van der Waals surface area contributed by atoms with Gasteiger partial charge in [-0.05, 0) is 48.2 Å². The quantitative estimate of drug-likeness (QED) is 0.484.